The summed E-state index contributed by atoms with van der Waals surface area (Å²) in [5, 5.41) is 3.43. The second-order valence-corrected chi connectivity index (χ2v) is 2.21. The summed E-state index contributed by atoms with van der Waals surface area (Å²) in [6, 6.07) is 1.89. The van der Waals surface area contributed by atoms with Gasteiger partial charge in [0.1, 0.15) is 5.76 Å². The largest absolute Gasteiger partial charge is 0.469 e. The zero-order valence-corrected chi connectivity index (χ0v) is 6.32. The molecule has 1 aromatic rings. The van der Waals surface area contributed by atoms with Crippen molar-refractivity contribution in [3.63, 3.8) is 0 Å². The van der Waals surface area contributed by atoms with Crippen molar-refractivity contribution in [1.29, 1.82) is 0 Å². The van der Waals surface area contributed by atoms with Crippen molar-refractivity contribution in [3.05, 3.63) is 34.1 Å². The molecule has 11 heavy (non-hydrogen) atoms. The topological polar surface area (TPSA) is 61.9 Å². The van der Waals surface area contributed by atoms with E-state index >= 15 is 0 Å². The van der Waals surface area contributed by atoms with Gasteiger partial charge in [-0.15, -0.1) is 0 Å². The normalized spacial score (nSPS) is 9.18. The fraction of sp³-hybridized carbons (Fsp3) is 0.429. The summed E-state index contributed by atoms with van der Waals surface area (Å²) in [5.41, 5.74) is 9.11. The number of hydrogen-bond acceptors (Lipinski definition) is 2. The Morgan fingerprint density at radius 2 is 2.55 bits per heavy atom. The van der Waals surface area contributed by atoms with Crippen molar-refractivity contribution < 1.29 is 4.42 Å². The third-order valence-electron chi connectivity index (χ3n) is 1.51. The lowest BCUT2D eigenvalue weighted by Crippen LogP contribution is -1.87. The number of hydrogen-bond donors (Lipinski definition) is 0. The van der Waals surface area contributed by atoms with Crippen LogP contribution in [0.4, 0.5) is 0 Å². The molecule has 4 nitrogen and oxygen atoms in total. The first-order chi connectivity index (χ1) is 5.34. The van der Waals surface area contributed by atoms with Crippen LogP contribution >= 0.6 is 0 Å². The standard InChI is InChI=1S/C7H9N3O/c1-6-7(3-5-11-6)2-4-9-10-8/h3,5H,2,4H2,1H3. The first-order valence-corrected chi connectivity index (χ1v) is 3.38. The third-order valence-corrected chi connectivity index (χ3v) is 1.51. The molecule has 0 aliphatic heterocycles. The Bertz CT molecular complexity index is 273. The van der Waals surface area contributed by atoms with Crippen LogP contribution in [0.3, 0.4) is 0 Å². The summed E-state index contributed by atoms with van der Waals surface area (Å²) in [6.07, 6.45) is 2.40. The third kappa shape index (κ3) is 2.02. The van der Waals surface area contributed by atoms with E-state index < -0.39 is 0 Å². The van der Waals surface area contributed by atoms with Crippen LogP contribution in [0, 0.1) is 6.92 Å². The van der Waals surface area contributed by atoms with E-state index in [-0.39, 0.29) is 0 Å². The number of rotatable bonds is 3. The van der Waals surface area contributed by atoms with E-state index in [9.17, 15) is 0 Å². The second-order valence-electron chi connectivity index (χ2n) is 2.21. The van der Waals surface area contributed by atoms with Crippen molar-refractivity contribution in [2.75, 3.05) is 6.54 Å². The van der Waals surface area contributed by atoms with Gasteiger partial charge in [-0.25, -0.2) is 0 Å². The average molecular weight is 151 g/mol. The predicted molar refractivity (Wildman–Crippen MR) is 41.2 cm³/mol. The predicted octanol–water partition coefficient (Wildman–Crippen LogP) is 2.44. The molecule has 0 spiro atoms. The Labute approximate surface area is 64.5 Å². The van der Waals surface area contributed by atoms with Gasteiger partial charge in [-0.3, -0.25) is 0 Å². The van der Waals surface area contributed by atoms with Gasteiger partial charge in [0.25, 0.3) is 0 Å². The van der Waals surface area contributed by atoms with Gasteiger partial charge in [-0.1, -0.05) is 5.11 Å². The molecule has 1 rings (SSSR count). The molecule has 0 aliphatic carbocycles. The molecule has 0 fully saturated rings. The second kappa shape index (κ2) is 3.68. The smallest absolute Gasteiger partial charge is 0.103 e. The van der Waals surface area contributed by atoms with E-state index in [0.29, 0.717) is 6.54 Å². The highest BCUT2D eigenvalue weighted by Gasteiger charge is 1.98. The van der Waals surface area contributed by atoms with Crippen molar-refractivity contribution in [3.8, 4) is 0 Å². The highest BCUT2D eigenvalue weighted by Crippen LogP contribution is 2.08. The van der Waals surface area contributed by atoms with E-state index in [2.05, 4.69) is 10.0 Å². The van der Waals surface area contributed by atoms with Crippen LogP contribution in [-0.2, 0) is 6.42 Å². The molecule has 0 atom stereocenters. The van der Waals surface area contributed by atoms with Crippen molar-refractivity contribution in [1.82, 2.24) is 0 Å². The molecule has 0 amide bonds. The van der Waals surface area contributed by atoms with Crippen LogP contribution in [0.1, 0.15) is 11.3 Å². The van der Waals surface area contributed by atoms with Gasteiger partial charge in [0.15, 0.2) is 0 Å². The molecule has 0 aliphatic rings. The molecular formula is C7H9N3O. The molecule has 0 saturated heterocycles. The molecule has 0 aromatic carbocycles. The van der Waals surface area contributed by atoms with E-state index in [1.165, 1.54) is 0 Å². The van der Waals surface area contributed by atoms with Gasteiger partial charge in [-0.05, 0) is 30.5 Å². The van der Waals surface area contributed by atoms with E-state index in [1.54, 1.807) is 6.26 Å². The molecule has 0 unspecified atom stereocenters. The summed E-state index contributed by atoms with van der Waals surface area (Å²) < 4.78 is 5.06. The Morgan fingerprint density at radius 3 is 3.09 bits per heavy atom. The monoisotopic (exact) mass is 151 g/mol. The van der Waals surface area contributed by atoms with Crippen molar-refractivity contribution in [2.24, 2.45) is 5.11 Å². The lowest BCUT2D eigenvalue weighted by atomic mass is 10.2. The number of azide groups is 1. The fourth-order valence-corrected chi connectivity index (χ4v) is 0.886. The number of furan rings is 1. The molecule has 0 bridgehead atoms. The maximum absolute atomic E-state index is 8.00. The summed E-state index contributed by atoms with van der Waals surface area (Å²) in [7, 11) is 0. The Hall–Kier alpha value is -1.41. The minimum absolute atomic E-state index is 0.497. The maximum Gasteiger partial charge on any atom is 0.103 e. The van der Waals surface area contributed by atoms with Gasteiger partial charge in [-0.2, -0.15) is 0 Å². The van der Waals surface area contributed by atoms with Gasteiger partial charge >= 0.3 is 0 Å². The summed E-state index contributed by atoms with van der Waals surface area (Å²) in [5.74, 6) is 0.901. The van der Waals surface area contributed by atoms with Crippen LogP contribution in [0.2, 0.25) is 0 Å². The van der Waals surface area contributed by atoms with Gasteiger partial charge in [0.2, 0.25) is 0 Å². The minimum Gasteiger partial charge on any atom is -0.469 e. The summed E-state index contributed by atoms with van der Waals surface area (Å²) in [6.45, 7) is 2.39. The first-order valence-electron chi connectivity index (χ1n) is 3.38. The van der Waals surface area contributed by atoms with Crippen LogP contribution in [0.25, 0.3) is 10.4 Å². The lowest BCUT2D eigenvalue weighted by Gasteiger charge is -1.91. The van der Waals surface area contributed by atoms with Crippen molar-refractivity contribution in [2.45, 2.75) is 13.3 Å². The summed E-state index contributed by atoms with van der Waals surface area (Å²) >= 11 is 0. The number of nitrogens with zero attached hydrogens (tertiary/aromatic N) is 3. The summed E-state index contributed by atoms with van der Waals surface area (Å²) in [4.78, 5) is 2.66. The molecule has 1 aromatic heterocycles. The molecular weight excluding hydrogens is 142 g/mol. The molecule has 0 radical (unpaired) electrons. The number of aryl methyl sites for hydroxylation is 1. The van der Waals surface area contributed by atoms with Crippen LogP contribution in [0.5, 0.6) is 0 Å². The van der Waals surface area contributed by atoms with Gasteiger partial charge < -0.3 is 4.42 Å². The molecule has 58 valence electrons. The van der Waals surface area contributed by atoms with Crippen molar-refractivity contribution >= 4 is 0 Å². The minimum atomic E-state index is 0.497. The maximum atomic E-state index is 8.00. The molecule has 0 N–H and O–H groups in total. The quantitative estimate of drug-likeness (QED) is 0.371. The highest BCUT2D eigenvalue weighted by atomic mass is 16.3. The Kier molecular flexibility index (Phi) is 2.58. The molecule has 0 saturated carbocycles. The molecule has 1 heterocycles. The van der Waals surface area contributed by atoms with Crippen LogP contribution in [-0.4, -0.2) is 6.54 Å². The zero-order chi connectivity index (χ0) is 8.10. The Balaban J connectivity index is 2.50. The zero-order valence-electron chi connectivity index (χ0n) is 6.32. The lowest BCUT2D eigenvalue weighted by molar-refractivity contribution is 0.530. The highest BCUT2D eigenvalue weighted by molar-refractivity contribution is 5.15. The average Bonchev–Trinajstić information content (AvgIpc) is 2.37. The van der Waals surface area contributed by atoms with Crippen LogP contribution < -0.4 is 0 Å². The Morgan fingerprint density at radius 1 is 1.73 bits per heavy atom. The van der Waals surface area contributed by atoms with Gasteiger partial charge in [0.05, 0.1) is 6.26 Å². The van der Waals surface area contributed by atoms with Crippen LogP contribution in [0.15, 0.2) is 21.9 Å². The van der Waals surface area contributed by atoms with E-state index in [1.807, 2.05) is 13.0 Å². The van der Waals surface area contributed by atoms with E-state index in [4.69, 9.17) is 9.95 Å². The van der Waals surface area contributed by atoms with Gasteiger partial charge in [0, 0.05) is 11.5 Å². The fourth-order valence-electron chi connectivity index (χ4n) is 0.886. The van der Waals surface area contributed by atoms with E-state index in [0.717, 1.165) is 17.7 Å². The molecule has 4 heteroatoms. The first kappa shape index (κ1) is 7.69. The SMILES string of the molecule is Cc1occc1CCN=[N+]=[N-].